The molecule has 17 heavy (non-hydrogen) atoms. The van der Waals surface area contributed by atoms with Crippen molar-refractivity contribution in [3.8, 4) is 22.8 Å². The van der Waals surface area contributed by atoms with Gasteiger partial charge in [-0.1, -0.05) is 0 Å². The summed E-state index contributed by atoms with van der Waals surface area (Å²) < 4.78 is 10.7. The van der Waals surface area contributed by atoms with E-state index in [1.165, 1.54) is 0 Å². The second-order valence-corrected chi connectivity index (χ2v) is 3.74. The quantitative estimate of drug-likeness (QED) is 0.850. The molecule has 0 aliphatic heterocycles. The average molecular weight is 233 g/mol. The van der Waals surface area contributed by atoms with Crippen molar-refractivity contribution in [2.45, 2.75) is 6.92 Å². The van der Waals surface area contributed by atoms with Crippen LogP contribution in [-0.4, -0.2) is 24.4 Å². The van der Waals surface area contributed by atoms with Crippen LogP contribution in [0.15, 0.2) is 18.3 Å². The number of nitrogens with zero attached hydrogens (tertiary/aromatic N) is 1. The van der Waals surface area contributed by atoms with Crippen LogP contribution in [0.25, 0.3) is 11.3 Å². The van der Waals surface area contributed by atoms with Crippen LogP contribution in [0.2, 0.25) is 0 Å². The van der Waals surface area contributed by atoms with Crippen LogP contribution in [0.3, 0.4) is 0 Å². The standard InChI is InChI=1S/C12H15N3O2/c1-7-4-9(16-2)11(10(5-7)17-3)12-8(13)6-14-15-12/h4-6H,13H2,1-3H3,(H,14,15). The van der Waals surface area contributed by atoms with E-state index in [9.17, 15) is 0 Å². The number of aromatic amines is 1. The van der Waals surface area contributed by atoms with Crippen molar-refractivity contribution < 1.29 is 9.47 Å². The number of nitrogens with two attached hydrogens (primary N) is 1. The number of aromatic nitrogens is 2. The van der Waals surface area contributed by atoms with Crippen molar-refractivity contribution in [2.75, 3.05) is 20.0 Å². The molecule has 0 radical (unpaired) electrons. The summed E-state index contributed by atoms with van der Waals surface area (Å²) >= 11 is 0. The maximum atomic E-state index is 5.85. The average Bonchev–Trinajstić information content (AvgIpc) is 2.74. The van der Waals surface area contributed by atoms with E-state index < -0.39 is 0 Å². The molecule has 1 aromatic carbocycles. The van der Waals surface area contributed by atoms with Crippen molar-refractivity contribution in [1.82, 2.24) is 10.2 Å². The normalized spacial score (nSPS) is 10.3. The third kappa shape index (κ3) is 1.91. The monoisotopic (exact) mass is 233 g/mol. The predicted molar refractivity (Wildman–Crippen MR) is 66.3 cm³/mol. The van der Waals surface area contributed by atoms with Gasteiger partial charge in [-0.3, -0.25) is 5.10 Å². The van der Waals surface area contributed by atoms with Gasteiger partial charge >= 0.3 is 0 Å². The second-order valence-electron chi connectivity index (χ2n) is 3.74. The SMILES string of the molecule is COc1cc(C)cc(OC)c1-c1[nH]ncc1N. The zero-order chi connectivity index (χ0) is 12.4. The predicted octanol–water partition coefficient (Wildman–Crippen LogP) is 1.98. The lowest BCUT2D eigenvalue weighted by atomic mass is 10.1. The first-order valence-corrected chi connectivity index (χ1v) is 5.19. The maximum absolute atomic E-state index is 5.85. The Labute approximate surface area is 99.5 Å². The Balaban J connectivity index is 2.70. The Morgan fingerprint density at radius 1 is 1.18 bits per heavy atom. The number of H-pyrrole nitrogens is 1. The molecule has 0 atom stereocenters. The Kier molecular flexibility index (Phi) is 2.91. The molecule has 5 nitrogen and oxygen atoms in total. The van der Waals surface area contributed by atoms with Gasteiger partial charge in [0.05, 0.1) is 37.4 Å². The number of hydrogen-bond acceptors (Lipinski definition) is 4. The molecule has 1 aromatic heterocycles. The molecule has 2 aromatic rings. The molecular formula is C12H15N3O2. The van der Waals surface area contributed by atoms with Gasteiger partial charge in [0, 0.05) is 0 Å². The van der Waals surface area contributed by atoms with E-state index in [0.717, 1.165) is 11.1 Å². The third-order valence-corrected chi connectivity index (χ3v) is 2.57. The van der Waals surface area contributed by atoms with Gasteiger partial charge in [0.1, 0.15) is 11.5 Å². The molecule has 0 unspecified atom stereocenters. The van der Waals surface area contributed by atoms with E-state index in [4.69, 9.17) is 15.2 Å². The zero-order valence-electron chi connectivity index (χ0n) is 10.1. The minimum atomic E-state index is 0.561. The van der Waals surface area contributed by atoms with E-state index in [2.05, 4.69) is 10.2 Å². The third-order valence-electron chi connectivity index (χ3n) is 2.57. The lowest BCUT2D eigenvalue weighted by molar-refractivity contribution is 0.396. The minimum absolute atomic E-state index is 0.561. The van der Waals surface area contributed by atoms with Crippen molar-refractivity contribution in [1.29, 1.82) is 0 Å². The number of hydrogen-bond donors (Lipinski definition) is 2. The smallest absolute Gasteiger partial charge is 0.132 e. The summed E-state index contributed by atoms with van der Waals surface area (Å²) in [6.07, 6.45) is 1.56. The van der Waals surface area contributed by atoms with E-state index in [1.807, 2.05) is 19.1 Å². The van der Waals surface area contributed by atoms with Crippen LogP contribution in [0.5, 0.6) is 11.5 Å². The lowest BCUT2D eigenvalue weighted by Gasteiger charge is -2.13. The molecule has 0 bridgehead atoms. The van der Waals surface area contributed by atoms with Crippen molar-refractivity contribution in [3.05, 3.63) is 23.9 Å². The van der Waals surface area contributed by atoms with Gasteiger partial charge in [0.2, 0.25) is 0 Å². The first-order chi connectivity index (χ1) is 8.17. The number of anilines is 1. The van der Waals surface area contributed by atoms with Gasteiger partial charge in [0.15, 0.2) is 0 Å². The van der Waals surface area contributed by atoms with Crippen LogP contribution < -0.4 is 15.2 Å². The number of methoxy groups -OCH3 is 2. The molecule has 0 fully saturated rings. The summed E-state index contributed by atoms with van der Waals surface area (Å²) in [6.45, 7) is 1.98. The number of rotatable bonds is 3. The Morgan fingerprint density at radius 2 is 1.76 bits per heavy atom. The molecule has 0 saturated carbocycles. The van der Waals surface area contributed by atoms with Crippen LogP contribution in [0, 0.1) is 6.92 Å². The number of ether oxygens (including phenoxy) is 2. The van der Waals surface area contributed by atoms with Crippen molar-refractivity contribution >= 4 is 5.69 Å². The molecule has 3 N–H and O–H groups in total. The molecule has 2 rings (SSSR count). The highest BCUT2D eigenvalue weighted by molar-refractivity contribution is 5.82. The van der Waals surface area contributed by atoms with E-state index in [1.54, 1.807) is 20.4 Å². The largest absolute Gasteiger partial charge is 0.496 e. The number of benzene rings is 1. The molecule has 5 heteroatoms. The van der Waals surface area contributed by atoms with Crippen molar-refractivity contribution in [2.24, 2.45) is 0 Å². The van der Waals surface area contributed by atoms with Gasteiger partial charge < -0.3 is 15.2 Å². The van der Waals surface area contributed by atoms with Gasteiger partial charge in [0.25, 0.3) is 0 Å². The van der Waals surface area contributed by atoms with Crippen LogP contribution in [0.1, 0.15) is 5.56 Å². The summed E-state index contributed by atoms with van der Waals surface area (Å²) in [5, 5.41) is 6.77. The molecule has 0 spiro atoms. The fourth-order valence-corrected chi connectivity index (χ4v) is 1.79. The maximum Gasteiger partial charge on any atom is 0.132 e. The fraction of sp³-hybridized carbons (Fsp3) is 0.250. The minimum Gasteiger partial charge on any atom is -0.496 e. The zero-order valence-corrected chi connectivity index (χ0v) is 10.1. The highest BCUT2D eigenvalue weighted by Crippen LogP contribution is 2.40. The van der Waals surface area contributed by atoms with Gasteiger partial charge in [-0.2, -0.15) is 5.10 Å². The Hall–Kier alpha value is -2.17. The molecule has 90 valence electrons. The molecule has 0 saturated heterocycles. The van der Waals surface area contributed by atoms with Crippen LogP contribution >= 0.6 is 0 Å². The first kappa shape index (κ1) is 11.3. The van der Waals surface area contributed by atoms with E-state index in [-0.39, 0.29) is 0 Å². The van der Waals surface area contributed by atoms with Gasteiger partial charge in [-0.15, -0.1) is 0 Å². The first-order valence-electron chi connectivity index (χ1n) is 5.19. The Morgan fingerprint density at radius 3 is 2.18 bits per heavy atom. The van der Waals surface area contributed by atoms with Crippen LogP contribution in [0.4, 0.5) is 5.69 Å². The molecule has 0 aliphatic carbocycles. The van der Waals surface area contributed by atoms with Gasteiger partial charge in [-0.25, -0.2) is 0 Å². The lowest BCUT2D eigenvalue weighted by Crippen LogP contribution is -1.96. The summed E-state index contributed by atoms with van der Waals surface area (Å²) in [5.74, 6) is 1.41. The number of aryl methyl sites for hydroxylation is 1. The summed E-state index contributed by atoms with van der Waals surface area (Å²) in [5.41, 5.74) is 8.96. The summed E-state index contributed by atoms with van der Waals surface area (Å²) in [7, 11) is 3.23. The van der Waals surface area contributed by atoms with Gasteiger partial charge in [-0.05, 0) is 24.6 Å². The Bertz CT molecular complexity index is 509. The van der Waals surface area contributed by atoms with Crippen LogP contribution in [-0.2, 0) is 0 Å². The number of nitrogens with one attached hydrogen (secondary N) is 1. The van der Waals surface area contributed by atoms with E-state index in [0.29, 0.717) is 22.9 Å². The molecular weight excluding hydrogens is 218 g/mol. The second kappa shape index (κ2) is 4.37. The number of nitrogen functional groups attached to an aromatic ring is 1. The summed E-state index contributed by atoms with van der Waals surface area (Å²) in [6, 6.07) is 3.86. The van der Waals surface area contributed by atoms with E-state index >= 15 is 0 Å². The van der Waals surface area contributed by atoms with Crippen molar-refractivity contribution in [3.63, 3.8) is 0 Å². The topological polar surface area (TPSA) is 73.2 Å². The fourth-order valence-electron chi connectivity index (χ4n) is 1.79. The highest BCUT2D eigenvalue weighted by Gasteiger charge is 2.17. The molecule has 0 amide bonds. The summed E-state index contributed by atoms with van der Waals surface area (Å²) in [4.78, 5) is 0. The highest BCUT2D eigenvalue weighted by atomic mass is 16.5. The molecule has 0 aliphatic rings. The molecule has 1 heterocycles.